The van der Waals surface area contributed by atoms with Gasteiger partial charge < -0.3 is 36.4 Å². The summed E-state index contributed by atoms with van der Waals surface area (Å²) in [6, 6.07) is 6.61. The van der Waals surface area contributed by atoms with Crippen molar-refractivity contribution in [1.82, 2.24) is 20.0 Å². The Morgan fingerprint density at radius 3 is 2.41 bits per heavy atom. The normalized spacial score (nSPS) is 24.0. The van der Waals surface area contributed by atoms with Crippen LogP contribution in [-0.4, -0.2) is 107 Å². The quantitative estimate of drug-likeness (QED) is 0.291. The van der Waals surface area contributed by atoms with Gasteiger partial charge in [-0.2, -0.15) is 0 Å². The number of carbonyl (C=O) groups is 3. The number of piperazine rings is 1. The Hall–Kier alpha value is -2.78. The van der Waals surface area contributed by atoms with E-state index in [4.69, 9.17) is 12.2 Å². The lowest BCUT2D eigenvalue weighted by Crippen LogP contribution is -2.58. The molecule has 3 atom stereocenters. The molecule has 10 nitrogen and oxygen atoms in total. The lowest BCUT2D eigenvalue weighted by molar-refractivity contribution is -0.131. The number of likely N-dealkylation sites (N-methyl/N-ethyl adjacent to an activating group) is 2. The molecule has 5 N–H and O–H groups in total. The molecule has 41 heavy (non-hydrogen) atoms. The fraction of sp³-hybridized carbons (Fsp3) is 0.633. The summed E-state index contributed by atoms with van der Waals surface area (Å²) in [7, 11) is 2.12. The standard InChI is InChI=1S/C30H45N7O3S/c1-4-30(14-7-6-8-15-30)34-27(39)26(31)29-37(5-2)28(40)24(41-29)21-32-22-9-11-23(12-10-22)33-25(38)13-16-36-19-17-35(3)18-20-36/h1,9-12,24,26,29,32H,5-8,13-21,31H2,2-3H3,(H,33,38)(H,34,39)/t24-,26-,29?/m1/s1. The highest BCUT2D eigenvalue weighted by atomic mass is 32.2. The van der Waals surface area contributed by atoms with Crippen LogP contribution >= 0.6 is 11.8 Å². The number of thioether (sulfide) groups is 1. The first-order valence-electron chi connectivity index (χ1n) is 14.8. The largest absolute Gasteiger partial charge is 0.383 e. The van der Waals surface area contributed by atoms with Crippen molar-refractivity contribution in [2.24, 2.45) is 5.73 Å². The van der Waals surface area contributed by atoms with Gasteiger partial charge in [0.15, 0.2) is 0 Å². The number of anilines is 2. The lowest BCUT2D eigenvalue weighted by Gasteiger charge is -2.35. The Morgan fingerprint density at radius 2 is 1.78 bits per heavy atom. The Morgan fingerprint density at radius 1 is 1.12 bits per heavy atom. The van der Waals surface area contributed by atoms with E-state index in [0.29, 0.717) is 19.5 Å². The van der Waals surface area contributed by atoms with Crippen molar-refractivity contribution in [2.45, 2.75) is 67.7 Å². The van der Waals surface area contributed by atoms with E-state index in [-0.39, 0.29) is 23.0 Å². The van der Waals surface area contributed by atoms with E-state index in [2.05, 4.69) is 38.7 Å². The maximum Gasteiger partial charge on any atom is 0.241 e. The Labute approximate surface area is 248 Å². The van der Waals surface area contributed by atoms with Crippen LogP contribution in [0.4, 0.5) is 11.4 Å². The zero-order valence-electron chi connectivity index (χ0n) is 24.4. The summed E-state index contributed by atoms with van der Waals surface area (Å²) < 4.78 is 0. The summed E-state index contributed by atoms with van der Waals surface area (Å²) in [5.41, 5.74) is 7.36. The van der Waals surface area contributed by atoms with Crippen molar-refractivity contribution in [3.8, 4) is 12.3 Å². The van der Waals surface area contributed by atoms with E-state index in [0.717, 1.165) is 76.2 Å². The molecule has 2 heterocycles. The number of nitrogens with one attached hydrogen (secondary N) is 3. The van der Waals surface area contributed by atoms with E-state index < -0.39 is 17.0 Å². The van der Waals surface area contributed by atoms with Crippen molar-refractivity contribution in [2.75, 3.05) is 63.5 Å². The van der Waals surface area contributed by atoms with Crippen LogP contribution in [0, 0.1) is 12.3 Å². The number of nitrogens with two attached hydrogens (primary N) is 1. The first-order valence-corrected chi connectivity index (χ1v) is 15.7. The van der Waals surface area contributed by atoms with Gasteiger partial charge in [-0.3, -0.25) is 14.4 Å². The van der Waals surface area contributed by atoms with Crippen LogP contribution in [-0.2, 0) is 14.4 Å². The molecule has 0 bridgehead atoms. The maximum absolute atomic E-state index is 13.2. The summed E-state index contributed by atoms with van der Waals surface area (Å²) in [6.07, 6.45) is 10.8. The molecular formula is C30H45N7O3S. The summed E-state index contributed by atoms with van der Waals surface area (Å²) in [5, 5.41) is 8.50. The van der Waals surface area contributed by atoms with E-state index in [9.17, 15) is 14.4 Å². The Kier molecular flexibility index (Phi) is 10.9. The van der Waals surface area contributed by atoms with Crippen LogP contribution in [0.3, 0.4) is 0 Å². The van der Waals surface area contributed by atoms with Gasteiger partial charge in [0.25, 0.3) is 0 Å². The summed E-state index contributed by atoms with van der Waals surface area (Å²) >= 11 is 1.42. The topological polar surface area (TPSA) is 123 Å². The monoisotopic (exact) mass is 583 g/mol. The number of terminal acetylenes is 1. The third-order valence-electron chi connectivity index (χ3n) is 8.38. The molecule has 3 fully saturated rings. The van der Waals surface area contributed by atoms with Crippen LogP contribution in [0.2, 0.25) is 0 Å². The number of benzene rings is 1. The van der Waals surface area contributed by atoms with Crippen molar-refractivity contribution in [1.29, 1.82) is 0 Å². The minimum atomic E-state index is -0.875. The Balaban J connectivity index is 1.25. The fourth-order valence-corrected chi connectivity index (χ4v) is 7.17. The molecular weight excluding hydrogens is 538 g/mol. The average molecular weight is 584 g/mol. The highest BCUT2D eigenvalue weighted by Crippen LogP contribution is 2.34. The van der Waals surface area contributed by atoms with Crippen LogP contribution in [0.15, 0.2) is 24.3 Å². The van der Waals surface area contributed by atoms with Crippen molar-refractivity contribution in [3.05, 3.63) is 24.3 Å². The zero-order chi connectivity index (χ0) is 29.4. The molecule has 1 aromatic rings. The van der Waals surface area contributed by atoms with E-state index in [1.165, 1.54) is 11.8 Å². The zero-order valence-corrected chi connectivity index (χ0v) is 25.2. The molecule has 1 aromatic carbocycles. The molecule has 3 aliphatic rings. The predicted molar refractivity (Wildman–Crippen MR) is 165 cm³/mol. The van der Waals surface area contributed by atoms with E-state index in [1.807, 2.05) is 31.2 Å². The molecule has 224 valence electrons. The first-order chi connectivity index (χ1) is 19.7. The van der Waals surface area contributed by atoms with Crippen LogP contribution in [0.5, 0.6) is 0 Å². The second-order valence-electron chi connectivity index (χ2n) is 11.3. The second kappa shape index (κ2) is 14.4. The molecule has 1 unspecified atom stereocenters. The SMILES string of the molecule is C#CC1(NC(=O)[C@@H](N)C2S[C@H](CNc3ccc(NC(=O)CCN4CCN(C)CC4)cc3)C(=O)N2CC)CCCCC1. The highest BCUT2D eigenvalue weighted by Gasteiger charge is 2.45. The molecule has 0 aromatic heterocycles. The average Bonchev–Trinajstić information content (AvgIpc) is 3.31. The summed E-state index contributed by atoms with van der Waals surface area (Å²) in [5.74, 6) is 2.46. The third-order valence-corrected chi connectivity index (χ3v) is 9.90. The van der Waals surface area contributed by atoms with E-state index >= 15 is 0 Å². The highest BCUT2D eigenvalue weighted by molar-refractivity contribution is 8.01. The van der Waals surface area contributed by atoms with Gasteiger partial charge in [0.2, 0.25) is 17.7 Å². The third kappa shape index (κ3) is 8.16. The number of hydrogen-bond acceptors (Lipinski definition) is 8. The van der Waals surface area contributed by atoms with Crippen molar-refractivity contribution in [3.63, 3.8) is 0 Å². The lowest BCUT2D eigenvalue weighted by atomic mass is 9.82. The minimum Gasteiger partial charge on any atom is -0.383 e. The summed E-state index contributed by atoms with van der Waals surface area (Å²) in [6.45, 7) is 7.59. The molecule has 0 spiro atoms. The summed E-state index contributed by atoms with van der Waals surface area (Å²) in [4.78, 5) is 45.0. The van der Waals surface area contributed by atoms with Crippen LogP contribution in [0.1, 0.15) is 45.4 Å². The maximum atomic E-state index is 13.2. The molecule has 1 saturated carbocycles. The van der Waals surface area contributed by atoms with Crippen molar-refractivity contribution < 1.29 is 14.4 Å². The predicted octanol–water partition coefficient (Wildman–Crippen LogP) is 1.74. The molecule has 0 radical (unpaired) electrons. The molecule has 1 aliphatic carbocycles. The molecule has 4 rings (SSSR count). The molecule has 2 aliphatic heterocycles. The number of amides is 3. The van der Waals surface area contributed by atoms with Gasteiger partial charge in [-0.25, -0.2) is 0 Å². The van der Waals surface area contributed by atoms with Crippen LogP contribution < -0.4 is 21.7 Å². The van der Waals surface area contributed by atoms with Gasteiger partial charge in [0.05, 0.1) is 0 Å². The van der Waals surface area contributed by atoms with E-state index in [1.54, 1.807) is 4.90 Å². The number of rotatable bonds is 11. The van der Waals surface area contributed by atoms with Gasteiger partial charge in [-0.15, -0.1) is 18.2 Å². The van der Waals surface area contributed by atoms with Crippen LogP contribution in [0.25, 0.3) is 0 Å². The molecule has 11 heteroatoms. The van der Waals surface area contributed by atoms with Gasteiger partial charge in [-0.05, 0) is 51.1 Å². The number of nitrogens with zero attached hydrogens (tertiary/aromatic N) is 3. The first kappa shape index (κ1) is 31.2. The number of carbonyl (C=O) groups excluding carboxylic acids is 3. The molecule has 2 saturated heterocycles. The van der Waals surface area contributed by atoms with Gasteiger partial charge >= 0.3 is 0 Å². The van der Waals surface area contributed by atoms with Crippen molar-refractivity contribution >= 4 is 40.9 Å². The van der Waals surface area contributed by atoms with Gasteiger partial charge in [0.1, 0.15) is 22.2 Å². The second-order valence-corrected chi connectivity index (χ2v) is 12.7. The smallest absolute Gasteiger partial charge is 0.241 e. The Bertz CT molecular complexity index is 1090. The van der Waals surface area contributed by atoms with Gasteiger partial charge in [0, 0.05) is 63.6 Å². The number of hydrogen-bond donors (Lipinski definition) is 4. The molecule has 3 amide bonds. The fourth-order valence-electron chi connectivity index (χ4n) is 5.71. The minimum absolute atomic E-state index is 0.000292. The van der Waals surface area contributed by atoms with Gasteiger partial charge in [-0.1, -0.05) is 25.2 Å².